The molecule has 0 atom stereocenters. The van der Waals surface area contributed by atoms with Gasteiger partial charge >= 0.3 is 0 Å². The van der Waals surface area contributed by atoms with Gasteiger partial charge in [-0.25, -0.2) is 0 Å². The fraction of sp³-hybridized carbons (Fsp3) is 0. The standard InChI is InChI=1S/C78H49BN2OS/c1-5-22-50(23-6-1)56-32-17-33-57(51-24-7-2-8-25-51)75(56)80-68-46-44-54(60-36-19-38-64-62-30-13-15-42-72(62)82-77(60)64)48-66(68)79-67-49-55(61-37-20-39-65-63-31-14-16-43-73(63)83-78(61)65)45-47-69(67)81(71-41-21-40-70(80)74(71)79)76-58(52-26-9-3-10-27-52)34-18-35-59(76)53-28-11-4-12-29-53/h1-49H/i21D. The van der Waals surface area contributed by atoms with Gasteiger partial charge in [0.2, 0.25) is 0 Å². The van der Waals surface area contributed by atoms with Crippen LogP contribution in [0, 0.1) is 0 Å². The van der Waals surface area contributed by atoms with Crippen LogP contribution in [0.5, 0.6) is 0 Å². The normalized spacial score (nSPS) is 12.7. The maximum Gasteiger partial charge on any atom is 0.252 e. The molecule has 0 N–H and O–H groups in total. The molecule has 0 amide bonds. The fourth-order valence-electron chi connectivity index (χ4n) is 13.6. The molecule has 2 aliphatic heterocycles. The van der Waals surface area contributed by atoms with Crippen molar-refractivity contribution in [3.05, 3.63) is 297 Å². The van der Waals surface area contributed by atoms with E-state index in [1.54, 1.807) is 0 Å². The summed E-state index contributed by atoms with van der Waals surface area (Å²) in [6.07, 6.45) is 0. The average Bonchev–Trinajstić information content (AvgIpc) is 1.15. The predicted octanol–water partition coefficient (Wildman–Crippen LogP) is 20.0. The number of nitrogens with zero attached hydrogens (tertiary/aromatic N) is 2. The van der Waals surface area contributed by atoms with Crippen LogP contribution in [0.15, 0.2) is 302 Å². The topological polar surface area (TPSA) is 19.6 Å². The zero-order valence-corrected chi connectivity index (χ0v) is 45.8. The summed E-state index contributed by atoms with van der Waals surface area (Å²) in [6.45, 7) is -0.294. The minimum absolute atomic E-state index is 0.294. The second-order valence-corrected chi connectivity index (χ2v) is 22.8. The average molecular weight is 1070 g/mol. The number of thiophene rings is 1. The lowest BCUT2D eigenvalue weighted by molar-refractivity contribution is 0.670. The van der Waals surface area contributed by atoms with E-state index < -0.39 is 0 Å². The molecular formula is C78H49BN2OS. The van der Waals surface area contributed by atoms with Crippen molar-refractivity contribution < 1.29 is 5.79 Å². The number of benzene rings is 13. The van der Waals surface area contributed by atoms with E-state index >= 15 is 0 Å². The van der Waals surface area contributed by atoms with Crippen LogP contribution >= 0.6 is 11.3 Å². The molecule has 0 unspecified atom stereocenters. The Balaban J connectivity index is 1.02. The van der Waals surface area contributed by atoms with Gasteiger partial charge in [-0.15, -0.1) is 11.3 Å². The zero-order valence-electron chi connectivity index (χ0n) is 46.0. The maximum absolute atomic E-state index is 10.2. The van der Waals surface area contributed by atoms with Gasteiger partial charge in [-0.1, -0.05) is 261 Å². The first-order valence-corrected chi connectivity index (χ1v) is 29.2. The first-order valence-electron chi connectivity index (χ1n) is 28.9. The summed E-state index contributed by atoms with van der Waals surface area (Å²) < 4.78 is 19.6. The van der Waals surface area contributed by atoms with E-state index in [0.29, 0.717) is 6.04 Å². The number of para-hydroxylation sites is 4. The van der Waals surface area contributed by atoms with Crippen LogP contribution < -0.4 is 26.2 Å². The summed E-state index contributed by atoms with van der Waals surface area (Å²) in [4.78, 5) is 5.02. The molecule has 0 spiro atoms. The molecule has 0 saturated carbocycles. The van der Waals surface area contributed by atoms with Crippen molar-refractivity contribution in [3.8, 4) is 66.8 Å². The van der Waals surface area contributed by atoms with Crippen LogP contribution in [-0.4, -0.2) is 6.71 Å². The molecule has 0 fully saturated rings. The van der Waals surface area contributed by atoms with E-state index in [1.807, 2.05) is 17.4 Å². The number of hydrogen-bond donors (Lipinski definition) is 0. The van der Waals surface area contributed by atoms with Gasteiger partial charge in [0, 0.05) is 81.5 Å². The fourth-order valence-corrected chi connectivity index (χ4v) is 14.8. The number of rotatable bonds is 8. The van der Waals surface area contributed by atoms with E-state index in [4.69, 9.17) is 4.42 Å². The van der Waals surface area contributed by atoms with Gasteiger partial charge in [0.05, 0.1) is 12.7 Å². The molecule has 2 aromatic heterocycles. The number of fused-ring (bicyclic) bond motifs is 10. The van der Waals surface area contributed by atoms with E-state index in [-0.39, 0.29) is 6.71 Å². The molecule has 83 heavy (non-hydrogen) atoms. The Labute approximate surface area is 487 Å². The first kappa shape index (κ1) is 46.3. The lowest BCUT2D eigenvalue weighted by Crippen LogP contribution is -2.61. The Hall–Kier alpha value is -10.5. The van der Waals surface area contributed by atoms with Crippen molar-refractivity contribution in [1.29, 1.82) is 0 Å². The van der Waals surface area contributed by atoms with Crippen LogP contribution in [0.2, 0.25) is 0 Å². The third-order valence-electron chi connectivity index (χ3n) is 17.2. The molecule has 4 heterocycles. The van der Waals surface area contributed by atoms with Gasteiger partial charge in [-0.2, -0.15) is 0 Å². The summed E-state index contributed by atoms with van der Waals surface area (Å²) in [5, 5.41) is 4.73. The smallest absolute Gasteiger partial charge is 0.252 e. The van der Waals surface area contributed by atoms with Crippen LogP contribution in [0.1, 0.15) is 1.37 Å². The van der Waals surface area contributed by atoms with Gasteiger partial charge in [0.25, 0.3) is 6.71 Å². The number of hydrogen-bond acceptors (Lipinski definition) is 4. The summed E-state index contributed by atoms with van der Waals surface area (Å²) in [5.41, 5.74) is 24.6. The van der Waals surface area contributed by atoms with E-state index in [1.165, 1.54) is 31.2 Å². The van der Waals surface area contributed by atoms with Gasteiger partial charge in [0.1, 0.15) is 11.2 Å². The molecule has 17 rings (SSSR count). The van der Waals surface area contributed by atoms with E-state index in [0.717, 1.165) is 128 Å². The molecule has 0 aliphatic carbocycles. The third-order valence-corrected chi connectivity index (χ3v) is 18.4. The molecule has 5 heteroatoms. The van der Waals surface area contributed by atoms with E-state index in [2.05, 4.69) is 295 Å². The van der Waals surface area contributed by atoms with Gasteiger partial charge in [-0.3, -0.25) is 0 Å². The molecule has 2 aliphatic rings. The second kappa shape index (κ2) is 19.1. The Kier molecular flexibility index (Phi) is 10.7. The highest BCUT2D eigenvalue weighted by Gasteiger charge is 2.45. The van der Waals surface area contributed by atoms with Crippen molar-refractivity contribution >= 4 is 111 Å². The molecule has 0 radical (unpaired) electrons. The highest BCUT2D eigenvalue weighted by molar-refractivity contribution is 7.26. The molecule has 13 aromatic carbocycles. The van der Waals surface area contributed by atoms with Gasteiger partial charge in [-0.05, 0) is 91.7 Å². The largest absolute Gasteiger partial charge is 0.455 e. The Morgan fingerprint density at radius 1 is 0.325 bits per heavy atom. The molecule has 386 valence electrons. The quantitative estimate of drug-likeness (QED) is 0.141. The van der Waals surface area contributed by atoms with Crippen molar-refractivity contribution in [3.63, 3.8) is 0 Å². The predicted molar refractivity (Wildman–Crippen MR) is 353 cm³/mol. The maximum atomic E-state index is 10.2. The summed E-state index contributed by atoms with van der Waals surface area (Å²) >= 11 is 1.87. The van der Waals surface area contributed by atoms with Crippen LogP contribution in [-0.2, 0) is 0 Å². The Bertz CT molecular complexity index is 4680. The van der Waals surface area contributed by atoms with E-state index in [9.17, 15) is 1.37 Å². The third kappa shape index (κ3) is 7.45. The van der Waals surface area contributed by atoms with Gasteiger partial charge in [0.15, 0.2) is 0 Å². The highest BCUT2D eigenvalue weighted by atomic mass is 32.1. The molecule has 15 aromatic rings. The minimum atomic E-state index is -0.294. The van der Waals surface area contributed by atoms with Crippen LogP contribution in [0.25, 0.3) is 109 Å². The second-order valence-electron chi connectivity index (χ2n) is 21.7. The Morgan fingerprint density at radius 3 is 1.29 bits per heavy atom. The summed E-state index contributed by atoms with van der Waals surface area (Å²) in [5.74, 6) is 0. The summed E-state index contributed by atoms with van der Waals surface area (Å²) in [7, 11) is 0. The van der Waals surface area contributed by atoms with Crippen molar-refractivity contribution in [2.75, 3.05) is 9.80 Å². The lowest BCUT2D eigenvalue weighted by atomic mass is 9.33. The lowest BCUT2D eigenvalue weighted by Gasteiger charge is -2.45. The van der Waals surface area contributed by atoms with Crippen LogP contribution in [0.3, 0.4) is 0 Å². The number of anilines is 6. The van der Waals surface area contributed by atoms with Gasteiger partial charge < -0.3 is 14.2 Å². The van der Waals surface area contributed by atoms with Crippen molar-refractivity contribution in [1.82, 2.24) is 0 Å². The molecular weight excluding hydrogens is 1020 g/mol. The van der Waals surface area contributed by atoms with Crippen LogP contribution in [0.4, 0.5) is 34.1 Å². The van der Waals surface area contributed by atoms with Crippen molar-refractivity contribution in [2.24, 2.45) is 0 Å². The summed E-state index contributed by atoms with van der Waals surface area (Å²) in [6, 6.07) is 106. The first-order chi connectivity index (χ1) is 41.6. The monoisotopic (exact) mass is 1070 g/mol. The zero-order chi connectivity index (χ0) is 55.4. The molecule has 3 nitrogen and oxygen atoms in total. The highest BCUT2D eigenvalue weighted by Crippen LogP contribution is 2.53. The number of furan rings is 1. The molecule has 0 saturated heterocycles. The van der Waals surface area contributed by atoms with Crippen molar-refractivity contribution in [2.45, 2.75) is 0 Å². The minimum Gasteiger partial charge on any atom is -0.455 e. The SMILES string of the molecule is [2H]c1cc2c3c(c1)N(c1c(-c4ccccc4)cccc1-c1ccccc1)c1ccc(-c4cccc5c4sc4ccccc45)cc1B3c1cc(-c3cccc4c3oc3ccccc34)ccc1N2c1c(-c2ccccc2)cccc1-c1ccccc1. The molecule has 0 bridgehead atoms. The Morgan fingerprint density at radius 2 is 0.747 bits per heavy atom.